The molecule has 9 aromatic rings. The van der Waals surface area contributed by atoms with Gasteiger partial charge in [-0.25, -0.2) is 0 Å². The van der Waals surface area contributed by atoms with Crippen LogP contribution < -0.4 is 26.5 Å². The Hall–Kier alpha value is -5.09. The molecule has 1 saturated carbocycles. The van der Waals surface area contributed by atoms with Gasteiger partial charge in [0.15, 0.2) is 0 Å². The van der Waals surface area contributed by atoms with Crippen molar-refractivity contribution in [3.05, 3.63) is 242 Å². The molecule has 344 valence electrons. The molecule has 1 aliphatic rings. The van der Waals surface area contributed by atoms with Gasteiger partial charge in [-0.15, -0.1) is 0 Å². The SMILES string of the molecule is F[B-](F)(F)F.[Cl][Ru+].[NH-]C1CCCCC1[NH-].[c-]1ccccc1.c1ccc(Pc2ccc3ccccc3c2-c2c([PH+](c3ccccc3)c3ccccc3)ccc3ccccc23)cc1.c1ccncc1. The smallest absolute Gasteiger partial charge is 0.110 e. The Bertz CT molecular complexity index is 2610. The summed E-state index contributed by atoms with van der Waals surface area (Å²) in [6.07, 6.45) is 7.75. The standard InChI is InChI=1S/C38H28P2.C6H12N2.C6H5.C5H5N.BF4.ClH.Ru/c1-4-16-30(17-5-1)39-35-26-24-28-14-10-12-22-33(28)37(35)38-34-23-13-11-15-29(34)25-27-36(38)40(31-18-6-2-7-19-31)32-20-8-3-9-21-32;7-5-3-1-2-4-6(5)8;2*1-2-4-6-5-3-1;2-1(3,4)5;;/h1-27,39H;5-8H,1-4H2;2*1-5H;;1H;/q;-2;-1;;-1;;+2. The second kappa shape index (κ2) is 28.9. The van der Waals surface area contributed by atoms with Gasteiger partial charge in [0.05, 0.1) is 7.92 Å². The zero-order chi connectivity index (χ0) is 47.7. The minimum Gasteiger partial charge on any atom is -0.676 e. The van der Waals surface area contributed by atoms with Gasteiger partial charge in [-0.1, -0.05) is 174 Å². The summed E-state index contributed by atoms with van der Waals surface area (Å²) in [5, 5.41) is 12.2. The molecule has 0 amide bonds. The predicted molar refractivity (Wildman–Crippen MR) is 281 cm³/mol. The van der Waals surface area contributed by atoms with Gasteiger partial charge < -0.3 is 28.7 Å². The number of nitrogens with one attached hydrogen (secondary N) is 2. The molecule has 0 saturated heterocycles. The number of nitrogens with zero attached hydrogens (tertiary/aromatic N) is 1. The van der Waals surface area contributed by atoms with Crippen molar-refractivity contribution in [3.8, 4) is 11.1 Å². The number of hydrogen-bond donors (Lipinski definition) is 0. The summed E-state index contributed by atoms with van der Waals surface area (Å²) in [4.78, 5) is 3.78. The summed E-state index contributed by atoms with van der Waals surface area (Å²) in [7, 11) is -2.16. The van der Waals surface area contributed by atoms with E-state index in [0.717, 1.165) is 12.8 Å². The first kappa shape index (κ1) is 52.9. The molecule has 1 aromatic heterocycles. The van der Waals surface area contributed by atoms with Crippen LogP contribution in [-0.2, 0) is 17.3 Å². The summed E-state index contributed by atoms with van der Waals surface area (Å²) in [5.41, 5.74) is 17.3. The molecule has 12 heteroatoms. The fourth-order valence-electron chi connectivity index (χ4n) is 7.54. The molecule has 0 radical (unpaired) electrons. The maximum atomic E-state index is 9.75. The van der Waals surface area contributed by atoms with Crippen LogP contribution in [-0.4, -0.2) is 24.3 Å². The van der Waals surface area contributed by atoms with Gasteiger partial charge in [0.25, 0.3) is 0 Å². The van der Waals surface area contributed by atoms with E-state index in [9.17, 15) is 17.3 Å². The third-order valence-corrected chi connectivity index (χ3v) is 14.6. The summed E-state index contributed by atoms with van der Waals surface area (Å²) >= 11 is 1.82. The monoisotopic (exact) mass is 1040 g/mol. The Morgan fingerprint density at radius 1 is 0.522 bits per heavy atom. The molecule has 2 N–H and O–H groups in total. The Labute approximate surface area is 409 Å². The number of halogens is 5. The van der Waals surface area contributed by atoms with Gasteiger partial charge in [0, 0.05) is 23.5 Å². The largest absolute Gasteiger partial charge is 0.676 e. The second-order valence-corrected chi connectivity index (χ2v) is 18.9. The minimum atomic E-state index is -6.00. The number of hydrogen-bond acceptors (Lipinski definition) is 1. The Morgan fingerprint density at radius 2 is 0.940 bits per heavy atom. The van der Waals surface area contributed by atoms with Crippen molar-refractivity contribution in [1.82, 2.24) is 4.98 Å². The average molecular weight is 1040 g/mol. The van der Waals surface area contributed by atoms with Crippen molar-refractivity contribution < 1.29 is 34.6 Å². The fourth-order valence-corrected chi connectivity index (χ4v) is 11.5. The molecule has 8 aromatic carbocycles. The van der Waals surface area contributed by atoms with Crippen LogP contribution in [0.1, 0.15) is 25.7 Å². The molecule has 0 aliphatic heterocycles. The van der Waals surface area contributed by atoms with Crippen LogP contribution in [0.4, 0.5) is 17.3 Å². The first-order chi connectivity index (χ1) is 32.7. The second-order valence-electron chi connectivity index (χ2n) is 15.1. The van der Waals surface area contributed by atoms with E-state index in [1.165, 1.54) is 72.0 Å². The van der Waals surface area contributed by atoms with Crippen molar-refractivity contribution in [2.75, 3.05) is 0 Å². The average Bonchev–Trinajstić information content (AvgIpc) is 3.38. The summed E-state index contributed by atoms with van der Waals surface area (Å²) in [6, 6.07) is 78.5. The van der Waals surface area contributed by atoms with Crippen molar-refractivity contribution in [2.24, 2.45) is 0 Å². The molecule has 0 spiro atoms. The maximum Gasteiger partial charge on any atom is 0.110 e. The summed E-state index contributed by atoms with van der Waals surface area (Å²) in [5.74, 6) is 0. The quantitative estimate of drug-likeness (QED) is 0.0708. The molecular weight excluding hydrogens is 988 g/mol. The number of aromatic nitrogens is 1. The van der Waals surface area contributed by atoms with Crippen LogP contribution in [0.15, 0.2) is 225 Å². The van der Waals surface area contributed by atoms with Gasteiger partial charge in [0.2, 0.25) is 0 Å². The van der Waals surface area contributed by atoms with E-state index in [4.69, 9.17) is 11.5 Å². The number of fused-ring (bicyclic) bond motifs is 2. The van der Waals surface area contributed by atoms with Gasteiger partial charge >= 0.3 is 34.3 Å². The van der Waals surface area contributed by atoms with Crippen LogP contribution in [0.2, 0.25) is 0 Å². The van der Waals surface area contributed by atoms with E-state index in [0.29, 0.717) is 8.58 Å². The molecule has 1 aliphatic carbocycles. The van der Waals surface area contributed by atoms with Crippen LogP contribution in [0.5, 0.6) is 0 Å². The first-order valence-corrected chi connectivity index (χ1v) is 26.4. The van der Waals surface area contributed by atoms with Crippen LogP contribution in [0.25, 0.3) is 44.1 Å². The van der Waals surface area contributed by atoms with Crippen LogP contribution >= 0.6 is 26.2 Å². The fraction of sp³-hybridized carbons (Fsp3) is 0.109. The zero-order valence-corrected chi connectivity index (χ0v) is 41.1. The van der Waals surface area contributed by atoms with Gasteiger partial charge in [-0.3, -0.25) is 4.98 Å². The normalized spacial score (nSPS) is 14.1. The van der Waals surface area contributed by atoms with Crippen LogP contribution in [0.3, 0.4) is 0 Å². The minimum absolute atomic E-state index is 0.0799. The molecule has 0 bridgehead atoms. The van der Waals surface area contributed by atoms with Gasteiger partial charge in [-0.05, 0) is 74.6 Å². The predicted octanol–water partition coefficient (Wildman–Crippen LogP) is 14.7. The first-order valence-electron chi connectivity index (χ1n) is 21.7. The molecular formula is C55H51BClF4N3P2Ru-2. The van der Waals surface area contributed by atoms with Crippen molar-refractivity contribution in [2.45, 2.75) is 37.8 Å². The van der Waals surface area contributed by atoms with Crippen LogP contribution in [0, 0.1) is 6.07 Å². The molecule has 67 heavy (non-hydrogen) atoms. The van der Waals surface area contributed by atoms with E-state index in [1.807, 2.05) is 65.8 Å². The van der Waals surface area contributed by atoms with E-state index < -0.39 is 15.2 Å². The third kappa shape index (κ3) is 17.5. The van der Waals surface area contributed by atoms with E-state index >= 15 is 0 Å². The summed E-state index contributed by atoms with van der Waals surface area (Å²) in [6.45, 7) is 0. The van der Waals surface area contributed by atoms with Gasteiger partial charge in [0.1, 0.15) is 15.9 Å². The number of benzene rings is 8. The van der Waals surface area contributed by atoms with E-state index in [1.54, 1.807) is 12.4 Å². The van der Waals surface area contributed by atoms with Crippen molar-refractivity contribution >= 4 is 81.5 Å². The van der Waals surface area contributed by atoms with E-state index in [2.05, 4.69) is 185 Å². The third-order valence-electron chi connectivity index (χ3n) is 10.5. The Balaban J connectivity index is 0.000000250. The number of rotatable bonds is 6. The van der Waals surface area contributed by atoms with Crippen molar-refractivity contribution in [1.29, 1.82) is 0 Å². The molecule has 1 heterocycles. The molecule has 3 nitrogen and oxygen atoms in total. The van der Waals surface area contributed by atoms with Gasteiger partial charge in [-0.2, -0.15) is 48.5 Å². The Morgan fingerprint density at radius 3 is 1.36 bits per heavy atom. The molecule has 1 fully saturated rings. The summed E-state index contributed by atoms with van der Waals surface area (Å²) < 4.78 is 39.0. The maximum absolute atomic E-state index is 9.75. The molecule has 3 atom stereocenters. The Kier molecular flexibility index (Phi) is 22.8. The molecule has 3 unspecified atom stereocenters. The van der Waals surface area contributed by atoms with E-state index in [-0.39, 0.29) is 12.1 Å². The van der Waals surface area contributed by atoms with Crippen molar-refractivity contribution in [3.63, 3.8) is 0 Å². The molecule has 10 rings (SSSR count). The zero-order valence-electron chi connectivity index (χ0n) is 36.6. The topological polar surface area (TPSA) is 60.5 Å². The number of pyridine rings is 1.